The highest BCUT2D eigenvalue weighted by molar-refractivity contribution is 7.85. The van der Waals surface area contributed by atoms with E-state index in [1.807, 2.05) is 0 Å². The van der Waals surface area contributed by atoms with Crippen LogP contribution in [0.15, 0.2) is 29.2 Å². The molecule has 1 aromatic rings. The van der Waals surface area contributed by atoms with Gasteiger partial charge in [0.2, 0.25) is 0 Å². The molecule has 2 nitrogen and oxygen atoms in total. The van der Waals surface area contributed by atoms with E-state index in [-0.39, 0.29) is 22.5 Å². The van der Waals surface area contributed by atoms with Gasteiger partial charge in [0, 0.05) is 10.9 Å². The fourth-order valence-corrected chi connectivity index (χ4v) is 4.74. The summed E-state index contributed by atoms with van der Waals surface area (Å²) >= 11 is 0. The standard InChI is InChI=1S/C15H22FNOS/c1-4-17-14-13(9-10-15(14,2)3)19(18)12-7-5-11(16)6-8-12/h5-8,13-14,17H,4,9-10H2,1-3H3. The summed E-state index contributed by atoms with van der Waals surface area (Å²) in [6.07, 6.45) is 2.02. The Morgan fingerprint density at radius 3 is 2.58 bits per heavy atom. The minimum absolute atomic E-state index is 0.111. The summed E-state index contributed by atoms with van der Waals surface area (Å²) in [5.41, 5.74) is 0.163. The summed E-state index contributed by atoms with van der Waals surface area (Å²) in [6, 6.07) is 6.30. The SMILES string of the molecule is CCNC1C(S(=O)c2ccc(F)cc2)CCC1(C)C. The minimum Gasteiger partial charge on any atom is -0.313 e. The maximum atomic E-state index is 12.9. The summed E-state index contributed by atoms with van der Waals surface area (Å²) in [5.74, 6) is -0.282. The smallest absolute Gasteiger partial charge is 0.123 e. The van der Waals surface area contributed by atoms with Crippen molar-refractivity contribution in [3.05, 3.63) is 30.1 Å². The maximum absolute atomic E-state index is 12.9. The van der Waals surface area contributed by atoms with Crippen molar-refractivity contribution in [3.8, 4) is 0 Å². The molecule has 0 amide bonds. The fourth-order valence-electron chi connectivity index (χ4n) is 2.94. The van der Waals surface area contributed by atoms with Crippen LogP contribution in [-0.4, -0.2) is 22.0 Å². The molecular formula is C15H22FNOS. The first-order valence-corrected chi connectivity index (χ1v) is 8.06. The number of rotatable bonds is 4. The molecule has 1 saturated carbocycles. The van der Waals surface area contributed by atoms with Gasteiger partial charge in [-0.05, 0) is 49.1 Å². The van der Waals surface area contributed by atoms with E-state index in [4.69, 9.17) is 0 Å². The Bertz CT molecular complexity index is 458. The van der Waals surface area contributed by atoms with Gasteiger partial charge in [0.15, 0.2) is 0 Å². The van der Waals surface area contributed by atoms with Gasteiger partial charge >= 0.3 is 0 Å². The van der Waals surface area contributed by atoms with Crippen molar-refractivity contribution < 1.29 is 8.60 Å². The average molecular weight is 283 g/mol. The molecule has 0 bridgehead atoms. The highest BCUT2D eigenvalue weighted by atomic mass is 32.2. The quantitative estimate of drug-likeness (QED) is 0.920. The van der Waals surface area contributed by atoms with Gasteiger partial charge in [-0.15, -0.1) is 0 Å². The summed E-state index contributed by atoms with van der Waals surface area (Å²) in [4.78, 5) is 0.729. The predicted octanol–water partition coefficient (Wildman–Crippen LogP) is 3.10. The lowest BCUT2D eigenvalue weighted by molar-refractivity contribution is 0.289. The van der Waals surface area contributed by atoms with E-state index >= 15 is 0 Å². The van der Waals surface area contributed by atoms with Gasteiger partial charge in [0.05, 0.1) is 16.0 Å². The molecule has 0 spiro atoms. The Balaban J connectivity index is 2.21. The van der Waals surface area contributed by atoms with E-state index in [1.54, 1.807) is 12.1 Å². The summed E-state index contributed by atoms with van der Waals surface area (Å²) < 4.78 is 25.6. The van der Waals surface area contributed by atoms with Gasteiger partial charge < -0.3 is 5.32 Å². The predicted molar refractivity (Wildman–Crippen MR) is 77.1 cm³/mol. The Morgan fingerprint density at radius 1 is 1.37 bits per heavy atom. The normalized spacial score (nSPS) is 27.4. The van der Waals surface area contributed by atoms with Crippen LogP contribution < -0.4 is 5.32 Å². The van der Waals surface area contributed by atoms with Crippen LogP contribution in [0.1, 0.15) is 33.6 Å². The molecule has 1 N–H and O–H groups in total. The lowest BCUT2D eigenvalue weighted by Crippen LogP contribution is -2.46. The van der Waals surface area contributed by atoms with Crippen LogP contribution in [0.2, 0.25) is 0 Å². The molecule has 106 valence electrons. The third kappa shape index (κ3) is 3.06. The van der Waals surface area contributed by atoms with Crippen LogP contribution >= 0.6 is 0 Å². The molecule has 1 aliphatic carbocycles. The number of hydrogen-bond donors (Lipinski definition) is 1. The Kier molecular flexibility index (Phi) is 4.41. The lowest BCUT2D eigenvalue weighted by atomic mass is 9.87. The first kappa shape index (κ1) is 14.7. The molecule has 19 heavy (non-hydrogen) atoms. The highest BCUT2D eigenvalue weighted by Crippen LogP contribution is 2.41. The van der Waals surface area contributed by atoms with E-state index in [2.05, 4.69) is 26.1 Å². The first-order chi connectivity index (χ1) is 8.95. The van der Waals surface area contributed by atoms with Crippen molar-refractivity contribution in [3.63, 3.8) is 0 Å². The zero-order chi connectivity index (χ0) is 14.0. The van der Waals surface area contributed by atoms with Crippen molar-refractivity contribution in [1.29, 1.82) is 0 Å². The van der Waals surface area contributed by atoms with Gasteiger partial charge in [0.25, 0.3) is 0 Å². The molecule has 4 heteroatoms. The second-order valence-corrected chi connectivity index (χ2v) is 7.52. The van der Waals surface area contributed by atoms with Gasteiger partial charge in [-0.3, -0.25) is 4.21 Å². The molecule has 3 atom stereocenters. The van der Waals surface area contributed by atoms with Crippen molar-refractivity contribution in [2.24, 2.45) is 5.41 Å². The molecule has 2 rings (SSSR count). The first-order valence-electron chi connectivity index (χ1n) is 6.85. The topological polar surface area (TPSA) is 29.1 Å². The molecular weight excluding hydrogens is 261 g/mol. The summed E-state index contributed by atoms with van der Waals surface area (Å²) in [6.45, 7) is 7.40. The van der Waals surface area contributed by atoms with Gasteiger partial charge in [0.1, 0.15) is 5.82 Å². The van der Waals surface area contributed by atoms with Gasteiger partial charge in [-0.1, -0.05) is 20.8 Å². The fraction of sp³-hybridized carbons (Fsp3) is 0.600. The molecule has 1 aliphatic rings. The number of nitrogens with one attached hydrogen (secondary N) is 1. The van der Waals surface area contributed by atoms with Crippen LogP contribution in [-0.2, 0) is 10.8 Å². The monoisotopic (exact) mass is 283 g/mol. The zero-order valence-corrected chi connectivity index (χ0v) is 12.6. The van der Waals surface area contributed by atoms with Crippen molar-refractivity contribution in [2.75, 3.05) is 6.54 Å². The van der Waals surface area contributed by atoms with Crippen LogP contribution in [0, 0.1) is 11.2 Å². The largest absolute Gasteiger partial charge is 0.313 e. The van der Waals surface area contributed by atoms with Crippen LogP contribution in [0.5, 0.6) is 0 Å². The molecule has 3 unspecified atom stereocenters. The zero-order valence-electron chi connectivity index (χ0n) is 11.8. The van der Waals surface area contributed by atoms with Crippen LogP contribution in [0.25, 0.3) is 0 Å². The molecule has 0 saturated heterocycles. The van der Waals surface area contributed by atoms with Gasteiger partial charge in [-0.25, -0.2) is 4.39 Å². The lowest BCUT2D eigenvalue weighted by Gasteiger charge is -2.31. The van der Waals surface area contributed by atoms with Crippen molar-refractivity contribution >= 4 is 10.8 Å². The number of benzene rings is 1. The second kappa shape index (κ2) is 5.71. The third-order valence-electron chi connectivity index (χ3n) is 4.03. The third-order valence-corrected chi connectivity index (χ3v) is 5.83. The van der Waals surface area contributed by atoms with Crippen LogP contribution in [0.4, 0.5) is 4.39 Å². The van der Waals surface area contributed by atoms with E-state index in [0.717, 1.165) is 24.3 Å². The molecule has 0 aliphatic heterocycles. The molecule has 1 fully saturated rings. The van der Waals surface area contributed by atoms with E-state index in [0.29, 0.717) is 0 Å². The van der Waals surface area contributed by atoms with E-state index < -0.39 is 10.8 Å². The number of hydrogen-bond acceptors (Lipinski definition) is 2. The molecule has 0 aromatic heterocycles. The Hall–Kier alpha value is -0.740. The molecule has 0 radical (unpaired) electrons. The van der Waals surface area contributed by atoms with Gasteiger partial charge in [-0.2, -0.15) is 0 Å². The van der Waals surface area contributed by atoms with E-state index in [9.17, 15) is 8.60 Å². The average Bonchev–Trinajstić information content (AvgIpc) is 2.66. The Morgan fingerprint density at radius 2 is 2.00 bits per heavy atom. The van der Waals surface area contributed by atoms with Crippen molar-refractivity contribution in [1.82, 2.24) is 5.32 Å². The number of halogens is 1. The Labute approximate surface area is 117 Å². The van der Waals surface area contributed by atoms with Crippen molar-refractivity contribution in [2.45, 2.75) is 49.8 Å². The minimum atomic E-state index is -1.07. The summed E-state index contributed by atoms with van der Waals surface area (Å²) in [7, 11) is -1.07. The second-order valence-electron chi connectivity index (χ2n) is 5.85. The highest BCUT2D eigenvalue weighted by Gasteiger charge is 2.44. The summed E-state index contributed by atoms with van der Waals surface area (Å²) in [5, 5.41) is 3.59. The van der Waals surface area contributed by atoms with Crippen LogP contribution in [0.3, 0.4) is 0 Å². The molecule has 0 heterocycles. The maximum Gasteiger partial charge on any atom is 0.123 e. The molecule has 1 aromatic carbocycles. The van der Waals surface area contributed by atoms with E-state index in [1.165, 1.54) is 12.1 Å².